The standard InChI is InChI=1S/C29H19N3O3/c33-25-17-30-27(18-9-2-1-3-10-18)22-13-6-7-16-24(22)32(25)31-29(35)23-15-8-14-20-19-11-4-5-12-21(19)28(34)26(20)23/h1-16H,17H2,(H,31,35). The largest absolute Gasteiger partial charge is 0.289 e. The molecule has 1 aliphatic carbocycles. The third-order valence-electron chi connectivity index (χ3n) is 6.28. The Morgan fingerprint density at radius 1 is 0.714 bits per heavy atom. The third kappa shape index (κ3) is 3.35. The normalized spacial score (nSPS) is 13.9. The highest BCUT2D eigenvalue weighted by Gasteiger charge is 2.32. The van der Waals surface area contributed by atoms with Gasteiger partial charge in [0.15, 0.2) is 5.78 Å². The summed E-state index contributed by atoms with van der Waals surface area (Å²) in [6.07, 6.45) is 0. The van der Waals surface area contributed by atoms with Crippen molar-refractivity contribution in [3.8, 4) is 11.1 Å². The van der Waals surface area contributed by atoms with E-state index in [1.807, 2.05) is 60.7 Å². The van der Waals surface area contributed by atoms with Gasteiger partial charge in [0.1, 0.15) is 6.54 Å². The number of amides is 2. The molecule has 0 atom stereocenters. The number of anilines is 1. The first kappa shape index (κ1) is 20.7. The highest BCUT2D eigenvalue weighted by molar-refractivity contribution is 6.26. The Kier molecular flexibility index (Phi) is 4.85. The molecule has 168 valence electrons. The number of hydrazine groups is 1. The number of carbonyl (C=O) groups excluding carboxylic acids is 3. The number of hydrogen-bond acceptors (Lipinski definition) is 4. The minimum absolute atomic E-state index is 0.129. The van der Waals surface area contributed by atoms with Gasteiger partial charge in [-0.2, -0.15) is 0 Å². The van der Waals surface area contributed by atoms with Crippen molar-refractivity contribution in [2.45, 2.75) is 0 Å². The van der Waals surface area contributed by atoms with Crippen LogP contribution in [0.2, 0.25) is 0 Å². The van der Waals surface area contributed by atoms with E-state index in [1.165, 1.54) is 5.01 Å². The first-order chi connectivity index (χ1) is 17.1. The van der Waals surface area contributed by atoms with Crippen LogP contribution < -0.4 is 10.4 Å². The molecule has 6 rings (SSSR count). The lowest BCUT2D eigenvalue weighted by Gasteiger charge is -2.24. The number of ketones is 1. The number of rotatable bonds is 3. The number of nitrogens with zero attached hydrogens (tertiary/aromatic N) is 2. The van der Waals surface area contributed by atoms with Crippen molar-refractivity contribution >= 4 is 29.0 Å². The van der Waals surface area contributed by atoms with Gasteiger partial charge in [-0.05, 0) is 23.3 Å². The maximum absolute atomic E-state index is 13.5. The number of benzene rings is 4. The van der Waals surface area contributed by atoms with Crippen molar-refractivity contribution in [2.24, 2.45) is 4.99 Å². The molecule has 0 radical (unpaired) electrons. The van der Waals surface area contributed by atoms with E-state index in [4.69, 9.17) is 0 Å². The molecule has 0 saturated heterocycles. The highest BCUT2D eigenvalue weighted by atomic mass is 16.2. The molecule has 6 nitrogen and oxygen atoms in total. The number of carbonyl (C=O) groups is 3. The summed E-state index contributed by atoms with van der Waals surface area (Å²) in [5, 5.41) is 1.24. The second-order valence-corrected chi connectivity index (χ2v) is 8.32. The van der Waals surface area contributed by atoms with Crippen LogP contribution in [-0.2, 0) is 4.79 Å². The summed E-state index contributed by atoms with van der Waals surface area (Å²) in [5.41, 5.74) is 8.22. The topological polar surface area (TPSA) is 78.8 Å². The molecule has 2 aliphatic rings. The van der Waals surface area contributed by atoms with Crippen LogP contribution in [0.5, 0.6) is 0 Å². The Balaban J connectivity index is 1.39. The van der Waals surface area contributed by atoms with Crippen LogP contribution >= 0.6 is 0 Å². The van der Waals surface area contributed by atoms with Gasteiger partial charge < -0.3 is 0 Å². The van der Waals surface area contributed by atoms with Gasteiger partial charge in [-0.15, -0.1) is 0 Å². The van der Waals surface area contributed by atoms with Crippen molar-refractivity contribution in [1.82, 2.24) is 5.43 Å². The summed E-state index contributed by atoms with van der Waals surface area (Å²) in [7, 11) is 0. The van der Waals surface area contributed by atoms with Crippen LogP contribution in [0.1, 0.15) is 37.4 Å². The average Bonchev–Trinajstić information content (AvgIpc) is 3.12. The lowest BCUT2D eigenvalue weighted by Crippen LogP contribution is -2.47. The van der Waals surface area contributed by atoms with Crippen LogP contribution in [0.4, 0.5) is 5.69 Å². The van der Waals surface area contributed by atoms with Gasteiger partial charge in [-0.3, -0.25) is 24.8 Å². The van der Waals surface area contributed by atoms with E-state index in [1.54, 1.807) is 36.4 Å². The molecule has 0 unspecified atom stereocenters. The van der Waals surface area contributed by atoms with Crippen molar-refractivity contribution in [1.29, 1.82) is 0 Å². The Bertz CT molecular complexity index is 1560. The number of para-hydroxylation sites is 1. The average molecular weight is 457 g/mol. The summed E-state index contributed by atoms with van der Waals surface area (Å²) in [4.78, 5) is 44.3. The quantitative estimate of drug-likeness (QED) is 0.435. The van der Waals surface area contributed by atoms with E-state index in [9.17, 15) is 14.4 Å². The molecular weight excluding hydrogens is 438 g/mol. The molecule has 6 heteroatoms. The van der Waals surface area contributed by atoms with E-state index in [0.717, 1.165) is 22.3 Å². The van der Waals surface area contributed by atoms with Gasteiger partial charge in [-0.25, -0.2) is 5.01 Å². The zero-order chi connectivity index (χ0) is 23.9. The maximum Gasteiger partial charge on any atom is 0.270 e. The van der Waals surface area contributed by atoms with Crippen molar-refractivity contribution in [3.63, 3.8) is 0 Å². The molecule has 0 spiro atoms. The SMILES string of the molecule is O=C(NN1C(=O)CN=C(c2ccccc2)c2ccccc21)c1cccc2c1C(=O)c1ccccc1-2. The van der Waals surface area contributed by atoms with E-state index in [-0.39, 0.29) is 23.8 Å². The van der Waals surface area contributed by atoms with Crippen LogP contribution in [0.25, 0.3) is 11.1 Å². The fourth-order valence-corrected chi connectivity index (χ4v) is 4.69. The second kappa shape index (κ2) is 8.18. The van der Waals surface area contributed by atoms with Gasteiger partial charge in [0.2, 0.25) is 0 Å². The number of benzodiazepines with no additional fused rings is 1. The van der Waals surface area contributed by atoms with Crippen molar-refractivity contribution in [2.75, 3.05) is 11.6 Å². The second-order valence-electron chi connectivity index (χ2n) is 8.32. The summed E-state index contributed by atoms with van der Waals surface area (Å²) in [6, 6.07) is 29.4. The first-order valence-corrected chi connectivity index (χ1v) is 11.2. The molecule has 0 aromatic heterocycles. The van der Waals surface area contributed by atoms with Crippen LogP contribution in [0, 0.1) is 0 Å². The lowest BCUT2D eigenvalue weighted by molar-refractivity contribution is -0.117. The molecule has 2 amide bonds. The summed E-state index contributed by atoms with van der Waals surface area (Å²) in [6.45, 7) is -0.129. The molecule has 0 fully saturated rings. The van der Waals surface area contributed by atoms with E-state index < -0.39 is 5.91 Å². The molecule has 0 bridgehead atoms. The Hall–Kier alpha value is -4.84. The van der Waals surface area contributed by atoms with Gasteiger partial charge in [-0.1, -0.05) is 84.9 Å². The number of nitrogens with one attached hydrogen (secondary N) is 1. The molecule has 4 aromatic rings. The molecule has 35 heavy (non-hydrogen) atoms. The van der Waals surface area contributed by atoms with Crippen LogP contribution in [-0.4, -0.2) is 29.9 Å². The molecule has 4 aromatic carbocycles. The lowest BCUT2D eigenvalue weighted by atomic mass is 10.00. The minimum atomic E-state index is -0.533. The molecule has 1 aliphatic heterocycles. The smallest absolute Gasteiger partial charge is 0.270 e. The van der Waals surface area contributed by atoms with E-state index >= 15 is 0 Å². The van der Waals surface area contributed by atoms with E-state index in [2.05, 4.69) is 10.4 Å². The Labute approximate surface area is 201 Å². The van der Waals surface area contributed by atoms with Crippen molar-refractivity contribution < 1.29 is 14.4 Å². The predicted molar refractivity (Wildman–Crippen MR) is 134 cm³/mol. The van der Waals surface area contributed by atoms with Gasteiger partial charge in [0.05, 0.1) is 17.0 Å². The van der Waals surface area contributed by atoms with E-state index in [0.29, 0.717) is 22.5 Å². The fourth-order valence-electron chi connectivity index (χ4n) is 4.69. The van der Waals surface area contributed by atoms with Gasteiger partial charge >= 0.3 is 0 Å². The first-order valence-electron chi connectivity index (χ1n) is 11.2. The van der Waals surface area contributed by atoms with Gasteiger partial charge in [0, 0.05) is 22.3 Å². The third-order valence-corrected chi connectivity index (χ3v) is 6.28. The maximum atomic E-state index is 13.5. The zero-order valence-corrected chi connectivity index (χ0v) is 18.6. The summed E-state index contributed by atoms with van der Waals surface area (Å²) in [5.74, 6) is -1.10. The zero-order valence-electron chi connectivity index (χ0n) is 18.6. The van der Waals surface area contributed by atoms with Crippen LogP contribution in [0.3, 0.4) is 0 Å². The number of aliphatic imine (C=N–C) groups is 1. The number of fused-ring (bicyclic) bond motifs is 4. The molecular formula is C29H19N3O3. The molecule has 1 heterocycles. The van der Waals surface area contributed by atoms with Crippen LogP contribution in [0.15, 0.2) is 102 Å². The molecule has 0 saturated carbocycles. The predicted octanol–water partition coefficient (Wildman–Crippen LogP) is 4.43. The fraction of sp³-hybridized carbons (Fsp3) is 0.0345. The summed E-state index contributed by atoms with van der Waals surface area (Å²) >= 11 is 0. The van der Waals surface area contributed by atoms with Gasteiger partial charge in [0.25, 0.3) is 11.8 Å². The Morgan fingerprint density at radius 3 is 2.17 bits per heavy atom. The minimum Gasteiger partial charge on any atom is -0.289 e. The van der Waals surface area contributed by atoms with Crippen molar-refractivity contribution in [3.05, 3.63) is 125 Å². The Morgan fingerprint density at radius 2 is 1.37 bits per heavy atom. The number of hydrogen-bond donors (Lipinski definition) is 1. The summed E-state index contributed by atoms with van der Waals surface area (Å²) < 4.78 is 0. The monoisotopic (exact) mass is 457 g/mol. The molecule has 1 N–H and O–H groups in total. The highest BCUT2D eigenvalue weighted by Crippen LogP contribution is 2.38.